The second-order valence-corrected chi connectivity index (χ2v) is 7.41. The largest absolute Gasteiger partial charge is 0.368 e. The van der Waals surface area contributed by atoms with Crippen LogP contribution in [0.15, 0.2) is 6.07 Å². The summed E-state index contributed by atoms with van der Waals surface area (Å²) < 4.78 is 35.2. The number of hydrogen-bond donors (Lipinski definition) is 1. The third-order valence-corrected chi connectivity index (χ3v) is 5.27. The number of anilines is 3. The molecule has 1 aromatic heterocycles. The van der Waals surface area contributed by atoms with Gasteiger partial charge in [0.2, 0.25) is 11.9 Å². The molecule has 1 aromatic rings. The van der Waals surface area contributed by atoms with E-state index in [1.807, 2.05) is 0 Å². The monoisotopic (exact) mass is 343 g/mol. The van der Waals surface area contributed by atoms with Gasteiger partial charge in [0.25, 0.3) is 0 Å². The number of amides is 1. The van der Waals surface area contributed by atoms with Gasteiger partial charge in [-0.1, -0.05) is 0 Å². The molecule has 8 nitrogen and oxygen atoms in total. The van der Waals surface area contributed by atoms with E-state index in [0.717, 1.165) is 37.3 Å². The highest BCUT2D eigenvalue weighted by Gasteiger charge is 2.40. The molecule has 1 unspecified atom stereocenters. The first-order valence-corrected chi connectivity index (χ1v) is 8.92. The van der Waals surface area contributed by atoms with Crippen molar-refractivity contribution in [2.75, 3.05) is 35.2 Å². The maximum atomic E-state index is 13.1. The highest BCUT2D eigenvalue weighted by molar-refractivity contribution is 7.87. The van der Waals surface area contributed by atoms with Crippen molar-refractivity contribution in [3.05, 3.63) is 6.07 Å². The van der Waals surface area contributed by atoms with Crippen LogP contribution >= 0.6 is 0 Å². The van der Waals surface area contributed by atoms with Crippen molar-refractivity contribution in [3.63, 3.8) is 0 Å². The lowest BCUT2D eigenvalue weighted by atomic mass is 10.1. The topological polar surface area (TPSA) is 109 Å². The van der Waals surface area contributed by atoms with E-state index in [-0.39, 0.29) is 24.7 Å². The molecule has 0 aliphatic carbocycles. The van der Waals surface area contributed by atoms with E-state index in [4.69, 9.17) is 5.73 Å². The maximum absolute atomic E-state index is 13.1. The molecule has 1 atom stereocenters. The van der Waals surface area contributed by atoms with E-state index >= 15 is 0 Å². The molecule has 1 amide bonds. The molecule has 3 rings (SSSR count). The molecule has 0 bridgehead atoms. The number of aromatic nitrogens is 2. The van der Waals surface area contributed by atoms with Gasteiger partial charge in [0.05, 0.1) is 0 Å². The Morgan fingerprint density at radius 1 is 1.17 bits per heavy atom. The Kier molecular flexibility index (Phi) is 4.09. The van der Waals surface area contributed by atoms with Gasteiger partial charge < -0.3 is 10.6 Å². The van der Waals surface area contributed by atoms with Crippen molar-refractivity contribution >= 4 is 33.7 Å². The number of hydrogen-bond acceptors (Lipinski definition) is 7. The van der Waals surface area contributed by atoms with Gasteiger partial charge in [0.1, 0.15) is 16.9 Å². The van der Waals surface area contributed by atoms with Crippen LogP contribution in [0.2, 0.25) is 0 Å². The molecule has 2 N–H and O–H groups in total. The zero-order valence-corrected chi connectivity index (χ0v) is 13.3. The Balaban J connectivity index is 1.88. The predicted octanol–water partition coefficient (Wildman–Crippen LogP) is 0.454. The Bertz CT molecular complexity index is 720. The maximum Gasteiger partial charge on any atom is 0.307 e. The smallest absolute Gasteiger partial charge is 0.307 e. The SMILES string of the molecule is Nc1nc(N2CCCCC2)cc(N2CC(S(=O)(=O)F)CC2=O)n1. The van der Waals surface area contributed by atoms with Gasteiger partial charge in [-0.05, 0) is 19.3 Å². The summed E-state index contributed by atoms with van der Waals surface area (Å²) in [5.74, 6) is 0.335. The zero-order chi connectivity index (χ0) is 16.6. The summed E-state index contributed by atoms with van der Waals surface area (Å²) in [6, 6.07) is 1.60. The highest BCUT2D eigenvalue weighted by atomic mass is 32.3. The van der Waals surface area contributed by atoms with Crippen LogP contribution in [-0.2, 0) is 15.0 Å². The molecule has 23 heavy (non-hydrogen) atoms. The summed E-state index contributed by atoms with van der Waals surface area (Å²) in [6.45, 7) is 1.42. The summed E-state index contributed by atoms with van der Waals surface area (Å²) in [4.78, 5) is 23.4. The van der Waals surface area contributed by atoms with E-state index in [1.54, 1.807) is 6.07 Å². The van der Waals surface area contributed by atoms with E-state index in [2.05, 4.69) is 14.9 Å². The van der Waals surface area contributed by atoms with Crippen LogP contribution in [0, 0.1) is 0 Å². The number of piperidine rings is 1. The first-order chi connectivity index (χ1) is 10.8. The van der Waals surface area contributed by atoms with Gasteiger partial charge in [0.15, 0.2) is 0 Å². The van der Waals surface area contributed by atoms with Crippen LogP contribution in [-0.4, -0.2) is 49.2 Å². The minimum Gasteiger partial charge on any atom is -0.368 e. The van der Waals surface area contributed by atoms with E-state index in [0.29, 0.717) is 5.82 Å². The van der Waals surface area contributed by atoms with Crippen molar-refractivity contribution in [2.24, 2.45) is 0 Å². The standard InChI is InChI=1S/C13H18FN5O3S/c14-23(21,22)9-6-12(20)19(8-9)11-7-10(16-13(15)17-11)18-4-2-1-3-5-18/h7,9H,1-6,8H2,(H2,15,16,17). The van der Waals surface area contributed by atoms with Gasteiger partial charge in [-0.15, -0.1) is 3.89 Å². The average Bonchev–Trinajstić information content (AvgIpc) is 2.90. The number of carbonyl (C=O) groups is 1. The Hall–Kier alpha value is -1.97. The third-order valence-electron chi connectivity index (χ3n) is 4.16. The number of nitrogens with zero attached hydrogens (tertiary/aromatic N) is 4. The number of rotatable bonds is 3. The molecule has 126 valence electrons. The molecule has 0 saturated carbocycles. The third kappa shape index (κ3) is 3.36. The van der Waals surface area contributed by atoms with Crippen molar-refractivity contribution in [1.82, 2.24) is 9.97 Å². The summed E-state index contributed by atoms with van der Waals surface area (Å²) in [5, 5.41) is -1.36. The molecule has 0 aromatic carbocycles. The number of carbonyl (C=O) groups excluding carboxylic acids is 1. The van der Waals surface area contributed by atoms with E-state index in [9.17, 15) is 17.1 Å². The second kappa shape index (κ2) is 5.91. The molecule has 2 fully saturated rings. The van der Waals surface area contributed by atoms with Crippen LogP contribution in [0.4, 0.5) is 21.5 Å². The quantitative estimate of drug-likeness (QED) is 0.794. The Morgan fingerprint density at radius 2 is 1.83 bits per heavy atom. The molecule has 0 radical (unpaired) electrons. The van der Waals surface area contributed by atoms with Gasteiger partial charge in [-0.2, -0.15) is 18.4 Å². The van der Waals surface area contributed by atoms with E-state index < -0.39 is 21.4 Å². The molecule has 10 heteroatoms. The average molecular weight is 343 g/mol. The van der Waals surface area contributed by atoms with Crippen LogP contribution in [0.25, 0.3) is 0 Å². The van der Waals surface area contributed by atoms with Crippen LogP contribution in [0.5, 0.6) is 0 Å². The summed E-state index contributed by atoms with van der Waals surface area (Å²) in [7, 11) is -4.76. The molecule has 2 aliphatic rings. The van der Waals surface area contributed by atoms with Gasteiger partial charge in [-0.25, -0.2) is 0 Å². The summed E-state index contributed by atoms with van der Waals surface area (Å²) in [5.41, 5.74) is 5.72. The number of nitrogens with two attached hydrogens (primary N) is 1. The van der Waals surface area contributed by atoms with Crippen molar-refractivity contribution in [3.8, 4) is 0 Å². The van der Waals surface area contributed by atoms with Crippen LogP contribution in [0.1, 0.15) is 25.7 Å². The first-order valence-electron chi connectivity index (χ1n) is 7.48. The van der Waals surface area contributed by atoms with Crippen molar-refractivity contribution in [2.45, 2.75) is 30.9 Å². The van der Waals surface area contributed by atoms with Crippen molar-refractivity contribution < 1.29 is 17.1 Å². The highest BCUT2D eigenvalue weighted by Crippen LogP contribution is 2.28. The van der Waals surface area contributed by atoms with E-state index in [1.165, 1.54) is 0 Å². The second-order valence-electron chi connectivity index (χ2n) is 5.80. The Morgan fingerprint density at radius 3 is 2.43 bits per heavy atom. The predicted molar refractivity (Wildman–Crippen MR) is 83.3 cm³/mol. The fourth-order valence-corrected chi connectivity index (χ4v) is 3.62. The lowest BCUT2D eigenvalue weighted by Gasteiger charge is -2.28. The molecule has 2 aliphatic heterocycles. The van der Waals surface area contributed by atoms with Crippen LogP contribution < -0.4 is 15.5 Å². The van der Waals surface area contributed by atoms with Crippen LogP contribution in [0.3, 0.4) is 0 Å². The Labute approximate surface area is 133 Å². The summed E-state index contributed by atoms with van der Waals surface area (Å²) in [6.07, 6.45) is 2.86. The van der Waals surface area contributed by atoms with Crippen molar-refractivity contribution in [1.29, 1.82) is 0 Å². The fraction of sp³-hybridized carbons (Fsp3) is 0.615. The summed E-state index contributed by atoms with van der Waals surface area (Å²) >= 11 is 0. The van der Waals surface area contributed by atoms with Gasteiger partial charge in [-0.3, -0.25) is 9.69 Å². The normalized spacial score (nSPS) is 22.7. The number of halogens is 1. The fourth-order valence-electron chi connectivity index (χ4n) is 2.95. The zero-order valence-electron chi connectivity index (χ0n) is 12.5. The molecule has 3 heterocycles. The lowest BCUT2D eigenvalue weighted by Crippen LogP contribution is -2.32. The first kappa shape index (κ1) is 15.9. The molecule has 2 saturated heterocycles. The molecular formula is C13H18FN5O3S. The molecular weight excluding hydrogens is 325 g/mol. The van der Waals surface area contributed by atoms with Gasteiger partial charge in [0, 0.05) is 32.1 Å². The number of nitrogen functional groups attached to an aromatic ring is 1. The lowest BCUT2D eigenvalue weighted by molar-refractivity contribution is -0.117. The minimum atomic E-state index is -4.76. The van der Waals surface area contributed by atoms with Gasteiger partial charge >= 0.3 is 10.2 Å². The molecule has 0 spiro atoms. The minimum absolute atomic E-state index is 0.00225.